The molecule has 21 heavy (non-hydrogen) atoms. The molecule has 3 rings (SSSR count). The van der Waals surface area contributed by atoms with Gasteiger partial charge in [0.2, 0.25) is 0 Å². The monoisotopic (exact) mass is 314 g/mol. The van der Waals surface area contributed by atoms with Gasteiger partial charge >= 0.3 is 0 Å². The van der Waals surface area contributed by atoms with Crippen molar-refractivity contribution in [3.8, 4) is 11.1 Å². The van der Waals surface area contributed by atoms with E-state index in [1.807, 2.05) is 36.4 Å². The molecule has 0 bridgehead atoms. The van der Waals surface area contributed by atoms with Crippen LogP contribution in [0.3, 0.4) is 0 Å². The number of rotatable bonds is 4. The molecule has 2 heteroatoms. The van der Waals surface area contributed by atoms with Crippen LogP contribution in [0.25, 0.3) is 11.1 Å². The van der Waals surface area contributed by atoms with E-state index in [-0.39, 0.29) is 5.41 Å². The van der Waals surface area contributed by atoms with Crippen LogP contribution in [0.4, 0.5) is 0 Å². The molecule has 0 spiro atoms. The molecule has 0 fully saturated rings. The molecule has 1 aliphatic rings. The maximum absolute atomic E-state index is 6.20. The lowest BCUT2D eigenvalue weighted by molar-refractivity contribution is 0.543. The van der Waals surface area contributed by atoms with E-state index in [9.17, 15) is 0 Å². The molecule has 0 aliphatic heterocycles. The van der Waals surface area contributed by atoms with Crippen LogP contribution in [0.1, 0.15) is 24.0 Å². The zero-order chi connectivity index (χ0) is 15.0. The molecular weight excluding hydrogens is 299 g/mol. The van der Waals surface area contributed by atoms with Crippen LogP contribution in [0, 0.1) is 0 Å². The van der Waals surface area contributed by atoms with Crippen LogP contribution in [0.5, 0.6) is 0 Å². The molecule has 0 nitrogen and oxygen atoms in total. The summed E-state index contributed by atoms with van der Waals surface area (Å²) in [4.78, 5) is 0. The van der Waals surface area contributed by atoms with Crippen molar-refractivity contribution in [3.05, 3.63) is 82.9 Å². The Morgan fingerprint density at radius 1 is 0.810 bits per heavy atom. The van der Waals surface area contributed by atoms with Crippen molar-refractivity contribution < 1.29 is 0 Å². The predicted octanol–water partition coefficient (Wildman–Crippen LogP) is 6.41. The third kappa shape index (κ3) is 2.14. The van der Waals surface area contributed by atoms with Crippen molar-refractivity contribution >= 4 is 23.2 Å². The fraction of sp³-hybridized carbons (Fsp3) is 0.158. The van der Waals surface area contributed by atoms with Gasteiger partial charge in [-0.3, -0.25) is 0 Å². The Hall–Kier alpha value is -1.50. The molecule has 0 N–H and O–H groups in total. The van der Waals surface area contributed by atoms with E-state index in [4.69, 9.17) is 23.2 Å². The zero-order valence-electron chi connectivity index (χ0n) is 11.7. The first-order valence-electron chi connectivity index (χ1n) is 6.94. The van der Waals surface area contributed by atoms with Gasteiger partial charge in [0.25, 0.3) is 0 Å². The first-order chi connectivity index (χ1) is 10.1. The SMILES string of the molecule is C=CCC1(CC=C)c2ccc(Cl)cc2-c2cc(Cl)ccc21. The normalized spacial score (nSPS) is 14.4. The van der Waals surface area contributed by atoms with Crippen molar-refractivity contribution in [2.45, 2.75) is 18.3 Å². The van der Waals surface area contributed by atoms with Gasteiger partial charge in [-0.1, -0.05) is 47.5 Å². The van der Waals surface area contributed by atoms with E-state index in [0.717, 1.165) is 22.9 Å². The van der Waals surface area contributed by atoms with E-state index < -0.39 is 0 Å². The number of allylic oxidation sites excluding steroid dienone is 2. The Morgan fingerprint density at radius 3 is 1.62 bits per heavy atom. The summed E-state index contributed by atoms with van der Waals surface area (Å²) in [7, 11) is 0. The van der Waals surface area contributed by atoms with Crippen molar-refractivity contribution in [1.82, 2.24) is 0 Å². The van der Waals surface area contributed by atoms with Crippen LogP contribution in [-0.2, 0) is 5.41 Å². The lowest BCUT2D eigenvalue weighted by atomic mass is 9.73. The Morgan fingerprint density at radius 2 is 1.24 bits per heavy atom. The Kier molecular flexibility index (Phi) is 3.69. The van der Waals surface area contributed by atoms with Gasteiger partial charge in [-0.2, -0.15) is 0 Å². The number of benzene rings is 2. The molecular formula is C19H16Cl2. The predicted molar refractivity (Wildman–Crippen MR) is 92.3 cm³/mol. The molecule has 0 saturated carbocycles. The largest absolute Gasteiger partial charge is 0.103 e. The minimum atomic E-state index is -0.108. The van der Waals surface area contributed by atoms with Gasteiger partial charge in [-0.15, -0.1) is 13.2 Å². The number of hydrogen-bond acceptors (Lipinski definition) is 0. The van der Waals surface area contributed by atoms with Gasteiger partial charge < -0.3 is 0 Å². The highest BCUT2D eigenvalue weighted by atomic mass is 35.5. The minimum Gasteiger partial charge on any atom is -0.103 e. The average molecular weight is 315 g/mol. The Labute approximate surface area is 135 Å². The summed E-state index contributed by atoms with van der Waals surface area (Å²) < 4.78 is 0. The molecule has 1 aliphatic carbocycles. The summed E-state index contributed by atoms with van der Waals surface area (Å²) in [6.07, 6.45) is 5.68. The van der Waals surface area contributed by atoms with Crippen molar-refractivity contribution in [1.29, 1.82) is 0 Å². The molecule has 2 aromatic carbocycles. The van der Waals surface area contributed by atoms with Gasteiger partial charge in [0.15, 0.2) is 0 Å². The second kappa shape index (κ2) is 5.36. The lowest BCUT2D eigenvalue weighted by Gasteiger charge is -2.30. The third-order valence-corrected chi connectivity index (χ3v) is 4.74. The Balaban J connectivity index is 2.37. The van der Waals surface area contributed by atoms with Crippen LogP contribution < -0.4 is 0 Å². The standard InChI is InChI=1S/C19H16Cl2/c1-3-9-19(10-4-2)17-7-5-13(20)11-15(17)16-12-14(21)6-8-18(16)19/h3-8,11-12H,1-2,9-10H2. The summed E-state index contributed by atoms with van der Waals surface area (Å²) in [6, 6.07) is 12.2. The van der Waals surface area contributed by atoms with Crippen LogP contribution in [-0.4, -0.2) is 0 Å². The van der Waals surface area contributed by atoms with Gasteiger partial charge in [0, 0.05) is 15.5 Å². The second-order valence-corrected chi connectivity index (χ2v) is 6.32. The highest BCUT2D eigenvalue weighted by Crippen LogP contribution is 2.54. The highest BCUT2D eigenvalue weighted by molar-refractivity contribution is 6.31. The van der Waals surface area contributed by atoms with Crippen molar-refractivity contribution in [3.63, 3.8) is 0 Å². The molecule has 0 amide bonds. The number of hydrogen-bond donors (Lipinski definition) is 0. The molecule has 0 heterocycles. The summed E-state index contributed by atoms with van der Waals surface area (Å²) >= 11 is 12.4. The molecule has 0 unspecified atom stereocenters. The fourth-order valence-electron chi connectivity index (χ4n) is 3.47. The van der Waals surface area contributed by atoms with E-state index in [2.05, 4.69) is 25.3 Å². The molecule has 0 atom stereocenters. The van der Waals surface area contributed by atoms with E-state index in [1.165, 1.54) is 22.3 Å². The van der Waals surface area contributed by atoms with E-state index in [1.54, 1.807) is 0 Å². The third-order valence-electron chi connectivity index (χ3n) is 4.27. The summed E-state index contributed by atoms with van der Waals surface area (Å²) in [5.74, 6) is 0. The van der Waals surface area contributed by atoms with Gasteiger partial charge in [-0.05, 0) is 59.4 Å². The lowest BCUT2D eigenvalue weighted by Crippen LogP contribution is -2.23. The Bertz CT molecular complexity index is 665. The maximum Gasteiger partial charge on any atom is 0.0412 e. The molecule has 2 aromatic rings. The first-order valence-corrected chi connectivity index (χ1v) is 7.70. The van der Waals surface area contributed by atoms with Crippen molar-refractivity contribution in [2.75, 3.05) is 0 Å². The van der Waals surface area contributed by atoms with E-state index in [0.29, 0.717) is 0 Å². The second-order valence-electron chi connectivity index (χ2n) is 5.45. The van der Waals surface area contributed by atoms with Crippen LogP contribution >= 0.6 is 23.2 Å². The fourth-order valence-corrected chi connectivity index (χ4v) is 3.82. The summed E-state index contributed by atoms with van der Waals surface area (Å²) in [6.45, 7) is 7.89. The molecule has 106 valence electrons. The van der Waals surface area contributed by atoms with Crippen molar-refractivity contribution in [2.24, 2.45) is 0 Å². The average Bonchev–Trinajstić information content (AvgIpc) is 2.70. The van der Waals surface area contributed by atoms with Gasteiger partial charge in [0.1, 0.15) is 0 Å². The topological polar surface area (TPSA) is 0 Å². The van der Waals surface area contributed by atoms with Crippen LogP contribution in [0.2, 0.25) is 10.0 Å². The summed E-state index contributed by atoms with van der Waals surface area (Å²) in [5, 5.41) is 1.49. The molecule has 0 radical (unpaired) electrons. The molecule has 0 saturated heterocycles. The highest BCUT2D eigenvalue weighted by Gasteiger charge is 2.41. The first kappa shape index (κ1) is 14.4. The van der Waals surface area contributed by atoms with Gasteiger partial charge in [-0.25, -0.2) is 0 Å². The number of fused-ring (bicyclic) bond motifs is 3. The number of halogens is 2. The van der Waals surface area contributed by atoms with Gasteiger partial charge in [0.05, 0.1) is 0 Å². The van der Waals surface area contributed by atoms with Crippen LogP contribution in [0.15, 0.2) is 61.7 Å². The zero-order valence-corrected chi connectivity index (χ0v) is 13.2. The minimum absolute atomic E-state index is 0.108. The maximum atomic E-state index is 6.20. The summed E-state index contributed by atoms with van der Waals surface area (Å²) in [5.41, 5.74) is 4.80. The smallest absolute Gasteiger partial charge is 0.0412 e. The molecule has 0 aromatic heterocycles. The van der Waals surface area contributed by atoms with E-state index >= 15 is 0 Å². The quantitative estimate of drug-likeness (QED) is 0.572.